The van der Waals surface area contributed by atoms with Crippen LogP contribution in [0.3, 0.4) is 0 Å². The molecule has 0 aliphatic rings. The van der Waals surface area contributed by atoms with Crippen molar-refractivity contribution >= 4 is 11.3 Å². The molecule has 0 spiro atoms. The lowest BCUT2D eigenvalue weighted by atomic mass is 9.83. The van der Waals surface area contributed by atoms with Crippen molar-refractivity contribution in [2.75, 3.05) is 20.1 Å². The molecule has 1 N–H and O–H groups in total. The van der Waals surface area contributed by atoms with E-state index in [1.54, 1.807) is 0 Å². The SMILES string of the molecule is CCCC(C)(CNC(C)(C)C)CN(C)C(C)c1cccs1. The smallest absolute Gasteiger partial charge is 0.0410 e. The minimum absolute atomic E-state index is 0.187. The molecular weight excluding hydrogens is 276 g/mol. The third-order valence-corrected chi connectivity index (χ3v) is 5.19. The maximum absolute atomic E-state index is 3.70. The lowest BCUT2D eigenvalue weighted by molar-refractivity contribution is 0.135. The fourth-order valence-corrected chi connectivity index (χ4v) is 3.64. The zero-order chi connectivity index (χ0) is 16.1. The standard InChI is InChI=1S/C18H34N2S/c1-8-11-18(6,13-19-17(3,4)5)14-20(7)15(2)16-10-9-12-21-16/h9-10,12,15,19H,8,11,13-14H2,1-7H3. The summed E-state index contributed by atoms with van der Waals surface area (Å²) in [5, 5.41) is 5.87. The Morgan fingerprint density at radius 1 is 1.29 bits per heavy atom. The topological polar surface area (TPSA) is 15.3 Å². The van der Waals surface area contributed by atoms with Crippen LogP contribution in [-0.2, 0) is 0 Å². The second-order valence-corrected chi connectivity index (χ2v) is 8.75. The summed E-state index contributed by atoms with van der Waals surface area (Å²) in [6.45, 7) is 16.0. The van der Waals surface area contributed by atoms with Gasteiger partial charge in [0.2, 0.25) is 0 Å². The number of thiophene rings is 1. The Morgan fingerprint density at radius 2 is 1.95 bits per heavy atom. The van der Waals surface area contributed by atoms with Gasteiger partial charge in [-0.15, -0.1) is 11.3 Å². The highest BCUT2D eigenvalue weighted by molar-refractivity contribution is 7.10. The third kappa shape index (κ3) is 6.50. The van der Waals surface area contributed by atoms with Gasteiger partial charge in [0.05, 0.1) is 0 Å². The van der Waals surface area contributed by atoms with Crippen molar-refractivity contribution in [1.82, 2.24) is 10.2 Å². The van der Waals surface area contributed by atoms with Gasteiger partial charge in [-0.25, -0.2) is 0 Å². The molecule has 21 heavy (non-hydrogen) atoms. The van der Waals surface area contributed by atoms with E-state index in [0.29, 0.717) is 11.5 Å². The molecule has 0 radical (unpaired) electrons. The fourth-order valence-electron chi connectivity index (χ4n) is 2.79. The molecule has 1 aromatic rings. The van der Waals surface area contributed by atoms with Crippen LogP contribution in [0.1, 0.15) is 65.3 Å². The zero-order valence-electron chi connectivity index (χ0n) is 15.0. The van der Waals surface area contributed by atoms with Crippen molar-refractivity contribution in [3.8, 4) is 0 Å². The Kier molecular flexibility index (Phi) is 6.89. The van der Waals surface area contributed by atoms with Crippen molar-refractivity contribution in [3.05, 3.63) is 22.4 Å². The predicted molar refractivity (Wildman–Crippen MR) is 96.1 cm³/mol. The number of nitrogens with one attached hydrogen (secondary N) is 1. The Morgan fingerprint density at radius 3 is 2.43 bits per heavy atom. The Hall–Kier alpha value is -0.380. The Balaban J connectivity index is 2.67. The summed E-state index contributed by atoms with van der Waals surface area (Å²) in [6, 6.07) is 4.89. The minimum atomic E-state index is 0.187. The van der Waals surface area contributed by atoms with Crippen LogP contribution in [0, 0.1) is 5.41 Å². The molecule has 122 valence electrons. The van der Waals surface area contributed by atoms with E-state index >= 15 is 0 Å². The van der Waals surface area contributed by atoms with Crippen LogP contribution < -0.4 is 5.32 Å². The molecule has 1 aromatic heterocycles. The van der Waals surface area contributed by atoms with Crippen LogP contribution in [-0.4, -0.2) is 30.6 Å². The van der Waals surface area contributed by atoms with Crippen molar-refractivity contribution in [2.45, 2.75) is 66.0 Å². The van der Waals surface area contributed by atoms with Gasteiger partial charge < -0.3 is 5.32 Å². The maximum atomic E-state index is 3.70. The van der Waals surface area contributed by atoms with E-state index in [2.05, 4.69) is 76.3 Å². The van der Waals surface area contributed by atoms with Crippen LogP contribution in [0.4, 0.5) is 0 Å². The molecule has 2 nitrogen and oxygen atoms in total. The van der Waals surface area contributed by atoms with E-state index in [0.717, 1.165) is 13.1 Å². The lowest BCUT2D eigenvalue weighted by Crippen LogP contribution is -2.47. The molecule has 0 amide bonds. The van der Waals surface area contributed by atoms with E-state index in [-0.39, 0.29) is 5.54 Å². The molecule has 0 fully saturated rings. The van der Waals surface area contributed by atoms with Gasteiger partial charge in [0.1, 0.15) is 0 Å². The van der Waals surface area contributed by atoms with Gasteiger partial charge in [-0.1, -0.05) is 26.3 Å². The zero-order valence-corrected chi connectivity index (χ0v) is 15.8. The summed E-state index contributed by atoms with van der Waals surface area (Å²) >= 11 is 1.86. The molecular formula is C18H34N2S. The lowest BCUT2D eigenvalue weighted by Gasteiger charge is -2.38. The van der Waals surface area contributed by atoms with E-state index in [9.17, 15) is 0 Å². The molecule has 1 rings (SSSR count). The summed E-state index contributed by atoms with van der Waals surface area (Å²) in [5.74, 6) is 0. The van der Waals surface area contributed by atoms with E-state index in [1.807, 2.05) is 11.3 Å². The van der Waals surface area contributed by atoms with Gasteiger partial charge in [-0.3, -0.25) is 4.90 Å². The van der Waals surface area contributed by atoms with Gasteiger partial charge in [-0.2, -0.15) is 0 Å². The van der Waals surface area contributed by atoms with Gasteiger partial charge in [-0.05, 0) is 58.0 Å². The van der Waals surface area contributed by atoms with Gasteiger partial charge >= 0.3 is 0 Å². The fraction of sp³-hybridized carbons (Fsp3) is 0.778. The molecule has 0 bridgehead atoms. The van der Waals surface area contributed by atoms with Gasteiger partial charge in [0.25, 0.3) is 0 Å². The van der Waals surface area contributed by atoms with Crippen molar-refractivity contribution in [3.63, 3.8) is 0 Å². The Labute approximate surface area is 135 Å². The first-order valence-electron chi connectivity index (χ1n) is 8.15. The normalized spacial score (nSPS) is 17.0. The van der Waals surface area contributed by atoms with Gasteiger partial charge in [0.15, 0.2) is 0 Å². The first kappa shape index (κ1) is 18.7. The van der Waals surface area contributed by atoms with Crippen LogP contribution in [0.2, 0.25) is 0 Å². The molecule has 0 aliphatic heterocycles. The molecule has 1 heterocycles. The molecule has 0 aromatic carbocycles. The van der Waals surface area contributed by atoms with Crippen LogP contribution in [0.15, 0.2) is 17.5 Å². The Bertz CT molecular complexity index is 394. The van der Waals surface area contributed by atoms with E-state index in [4.69, 9.17) is 0 Å². The van der Waals surface area contributed by atoms with Crippen molar-refractivity contribution in [1.29, 1.82) is 0 Å². The molecule has 2 atom stereocenters. The third-order valence-electron chi connectivity index (χ3n) is 4.15. The monoisotopic (exact) mass is 310 g/mol. The van der Waals surface area contributed by atoms with Gasteiger partial charge in [0, 0.05) is 29.5 Å². The first-order valence-corrected chi connectivity index (χ1v) is 9.03. The summed E-state index contributed by atoms with van der Waals surface area (Å²) in [7, 11) is 2.26. The average Bonchev–Trinajstić information content (AvgIpc) is 2.89. The molecule has 0 saturated heterocycles. The maximum Gasteiger partial charge on any atom is 0.0410 e. The van der Waals surface area contributed by atoms with Crippen molar-refractivity contribution < 1.29 is 0 Å². The predicted octanol–water partition coefficient (Wildman–Crippen LogP) is 4.94. The number of rotatable bonds is 8. The van der Waals surface area contributed by atoms with Crippen LogP contribution >= 0.6 is 11.3 Å². The highest BCUT2D eigenvalue weighted by Gasteiger charge is 2.28. The second-order valence-electron chi connectivity index (χ2n) is 7.77. The number of nitrogens with zero attached hydrogens (tertiary/aromatic N) is 1. The van der Waals surface area contributed by atoms with E-state index < -0.39 is 0 Å². The van der Waals surface area contributed by atoms with E-state index in [1.165, 1.54) is 17.7 Å². The summed E-state index contributed by atoms with van der Waals surface area (Å²) in [4.78, 5) is 3.96. The molecule has 2 unspecified atom stereocenters. The van der Waals surface area contributed by atoms with Crippen molar-refractivity contribution in [2.24, 2.45) is 5.41 Å². The average molecular weight is 311 g/mol. The highest BCUT2D eigenvalue weighted by atomic mass is 32.1. The molecule has 3 heteroatoms. The highest BCUT2D eigenvalue weighted by Crippen LogP contribution is 2.30. The minimum Gasteiger partial charge on any atom is -0.311 e. The quantitative estimate of drug-likeness (QED) is 0.732. The van der Waals surface area contributed by atoms with Crippen LogP contribution in [0.5, 0.6) is 0 Å². The largest absolute Gasteiger partial charge is 0.311 e. The summed E-state index contributed by atoms with van der Waals surface area (Å²) < 4.78 is 0. The molecule has 0 saturated carbocycles. The summed E-state index contributed by atoms with van der Waals surface area (Å²) in [6.07, 6.45) is 2.50. The number of hydrogen-bond acceptors (Lipinski definition) is 3. The number of hydrogen-bond donors (Lipinski definition) is 1. The van der Waals surface area contributed by atoms with Crippen LogP contribution in [0.25, 0.3) is 0 Å². The second kappa shape index (κ2) is 7.75. The molecule has 0 aliphatic carbocycles. The summed E-state index contributed by atoms with van der Waals surface area (Å²) in [5.41, 5.74) is 0.509. The first-order chi connectivity index (χ1) is 9.67.